The van der Waals surface area contributed by atoms with Gasteiger partial charge in [-0.2, -0.15) is 0 Å². The number of hydrogen-bond acceptors (Lipinski definition) is 2. The highest BCUT2D eigenvalue weighted by molar-refractivity contribution is 5.36. The summed E-state index contributed by atoms with van der Waals surface area (Å²) in [5.74, 6) is 0. The van der Waals surface area contributed by atoms with Gasteiger partial charge in [-0.05, 0) is 25.0 Å². The number of benzene rings is 2. The predicted molar refractivity (Wildman–Crippen MR) is 98.3 cm³/mol. The second-order valence-corrected chi connectivity index (χ2v) is 7.19. The van der Waals surface area contributed by atoms with Crippen LogP contribution in [0.4, 0.5) is 17.6 Å². The minimum absolute atomic E-state index is 0.0210. The number of rotatable bonds is 5. The van der Waals surface area contributed by atoms with Crippen LogP contribution in [0.2, 0.25) is 0 Å². The monoisotopic (exact) mass is 380 g/mol. The fourth-order valence-corrected chi connectivity index (χ4v) is 3.63. The van der Waals surface area contributed by atoms with E-state index in [1.54, 1.807) is 24.3 Å². The van der Waals surface area contributed by atoms with Crippen molar-refractivity contribution >= 4 is 0 Å². The lowest BCUT2D eigenvalue weighted by molar-refractivity contribution is 0.113. The SMILES string of the molecule is C[C@@H]1CN[C@@H](C)CN1C(c1ccc(C(F)F)cc1)c1ccc(C(F)F)cc1. The number of nitrogens with one attached hydrogen (secondary N) is 1. The van der Waals surface area contributed by atoms with Gasteiger partial charge >= 0.3 is 0 Å². The summed E-state index contributed by atoms with van der Waals surface area (Å²) in [6, 6.07) is 12.9. The molecule has 146 valence electrons. The lowest BCUT2D eigenvalue weighted by Gasteiger charge is -2.43. The van der Waals surface area contributed by atoms with Crippen LogP contribution in [0.5, 0.6) is 0 Å². The quantitative estimate of drug-likeness (QED) is 0.705. The first-order valence-electron chi connectivity index (χ1n) is 9.12. The van der Waals surface area contributed by atoms with Crippen molar-refractivity contribution in [2.75, 3.05) is 13.1 Å². The van der Waals surface area contributed by atoms with E-state index in [4.69, 9.17) is 0 Å². The van der Waals surface area contributed by atoms with Crippen LogP contribution in [-0.4, -0.2) is 30.1 Å². The van der Waals surface area contributed by atoms with Crippen LogP contribution in [0, 0.1) is 0 Å². The van der Waals surface area contributed by atoms with Gasteiger partial charge in [0.1, 0.15) is 0 Å². The van der Waals surface area contributed by atoms with E-state index in [9.17, 15) is 17.6 Å². The average molecular weight is 380 g/mol. The molecule has 2 aromatic rings. The predicted octanol–water partition coefficient (Wildman–Crippen LogP) is 5.33. The summed E-state index contributed by atoms with van der Waals surface area (Å²) < 4.78 is 51.7. The first kappa shape index (κ1) is 19.8. The molecule has 1 N–H and O–H groups in total. The van der Waals surface area contributed by atoms with Crippen LogP contribution < -0.4 is 5.32 Å². The van der Waals surface area contributed by atoms with E-state index < -0.39 is 12.9 Å². The highest BCUT2D eigenvalue weighted by atomic mass is 19.3. The van der Waals surface area contributed by atoms with Crippen molar-refractivity contribution in [3.63, 3.8) is 0 Å². The fourth-order valence-electron chi connectivity index (χ4n) is 3.63. The van der Waals surface area contributed by atoms with E-state index in [2.05, 4.69) is 24.1 Å². The molecule has 0 bridgehead atoms. The van der Waals surface area contributed by atoms with Crippen LogP contribution in [0.25, 0.3) is 0 Å². The van der Waals surface area contributed by atoms with Crippen molar-refractivity contribution in [2.24, 2.45) is 0 Å². The molecule has 2 aromatic carbocycles. The van der Waals surface area contributed by atoms with Crippen LogP contribution in [0.1, 0.15) is 55.0 Å². The van der Waals surface area contributed by atoms with E-state index in [-0.39, 0.29) is 29.3 Å². The normalized spacial score (nSPS) is 21.4. The molecule has 0 amide bonds. The van der Waals surface area contributed by atoms with Crippen molar-refractivity contribution in [3.8, 4) is 0 Å². The van der Waals surface area contributed by atoms with Crippen LogP contribution in [0.3, 0.4) is 0 Å². The number of piperazine rings is 1. The number of halogens is 4. The Balaban J connectivity index is 2.00. The summed E-state index contributed by atoms with van der Waals surface area (Å²) in [6.45, 7) is 5.78. The standard InChI is InChI=1S/C21H24F4N2/c1-13-12-27(14(2)11-26-13)19(15-3-7-17(8-4-15)20(22)23)16-5-9-18(10-6-16)21(24)25/h3-10,13-14,19-21,26H,11-12H2,1-2H3/t13-,14+/m0/s1. The summed E-state index contributed by atoms with van der Waals surface area (Å²) >= 11 is 0. The molecule has 0 radical (unpaired) electrons. The lowest BCUT2D eigenvalue weighted by Crippen LogP contribution is -2.55. The Morgan fingerprint density at radius 2 is 1.19 bits per heavy atom. The zero-order valence-corrected chi connectivity index (χ0v) is 15.4. The van der Waals surface area contributed by atoms with E-state index in [0.717, 1.165) is 24.2 Å². The van der Waals surface area contributed by atoms with Crippen molar-refractivity contribution in [1.82, 2.24) is 10.2 Å². The van der Waals surface area contributed by atoms with Crippen molar-refractivity contribution < 1.29 is 17.6 Å². The van der Waals surface area contributed by atoms with Gasteiger partial charge in [0.15, 0.2) is 0 Å². The van der Waals surface area contributed by atoms with Crippen LogP contribution in [0.15, 0.2) is 48.5 Å². The minimum atomic E-state index is -2.51. The Morgan fingerprint density at radius 3 is 1.59 bits per heavy atom. The summed E-state index contributed by atoms with van der Waals surface area (Å²) in [7, 11) is 0. The molecule has 1 aliphatic heterocycles. The second-order valence-electron chi connectivity index (χ2n) is 7.19. The molecule has 1 aliphatic rings. The molecule has 2 nitrogen and oxygen atoms in total. The molecule has 0 saturated carbocycles. The molecule has 0 unspecified atom stereocenters. The van der Waals surface area contributed by atoms with Gasteiger partial charge in [-0.1, -0.05) is 48.5 Å². The third kappa shape index (κ3) is 4.50. The molecule has 0 spiro atoms. The first-order chi connectivity index (χ1) is 12.9. The van der Waals surface area contributed by atoms with Gasteiger partial charge in [-0.3, -0.25) is 4.90 Å². The van der Waals surface area contributed by atoms with E-state index in [1.807, 2.05) is 0 Å². The zero-order chi connectivity index (χ0) is 19.6. The summed E-state index contributed by atoms with van der Waals surface area (Å²) in [6.07, 6.45) is -5.03. The van der Waals surface area contributed by atoms with Gasteiger partial charge in [-0.25, -0.2) is 17.6 Å². The summed E-state index contributed by atoms with van der Waals surface area (Å²) in [5, 5.41) is 3.43. The maximum Gasteiger partial charge on any atom is 0.263 e. The highest BCUT2D eigenvalue weighted by Gasteiger charge is 2.31. The Labute approximate surface area is 157 Å². The van der Waals surface area contributed by atoms with Crippen molar-refractivity contribution in [2.45, 2.75) is 44.8 Å². The smallest absolute Gasteiger partial charge is 0.263 e. The van der Waals surface area contributed by atoms with Gasteiger partial charge in [0.05, 0.1) is 6.04 Å². The molecule has 1 heterocycles. The van der Waals surface area contributed by atoms with Crippen LogP contribution >= 0.6 is 0 Å². The molecule has 0 aromatic heterocycles. The third-order valence-electron chi connectivity index (χ3n) is 5.15. The molecule has 27 heavy (non-hydrogen) atoms. The number of nitrogens with zero attached hydrogens (tertiary/aromatic N) is 1. The van der Waals surface area contributed by atoms with Crippen molar-refractivity contribution in [1.29, 1.82) is 0 Å². The summed E-state index contributed by atoms with van der Waals surface area (Å²) in [4.78, 5) is 2.30. The van der Waals surface area contributed by atoms with E-state index in [1.165, 1.54) is 24.3 Å². The maximum absolute atomic E-state index is 12.9. The molecule has 0 aliphatic carbocycles. The zero-order valence-electron chi connectivity index (χ0n) is 15.4. The molecular formula is C21H24F4N2. The highest BCUT2D eigenvalue weighted by Crippen LogP contribution is 2.33. The van der Waals surface area contributed by atoms with E-state index >= 15 is 0 Å². The molecule has 2 atom stereocenters. The third-order valence-corrected chi connectivity index (χ3v) is 5.15. The molecular weight excluding hydrogens is 356 g/mol. The molecule has 1 saturated heterocycles. The maximum atomic E-state index is 12.9. The molecule has 6 heteroatoms. The minimum Gasteiger partial charge on any atom is -0.311 e. The molecule has 3 rings (SSSR count). The molecule has 1 fully saturated rings. The first-order valence-corrected chi connectivity index (χ1v) is 9.12. The Bertz CT molecular complexity index is 679. The Kier molecular flexibility index (Phi) is 6.17. The van der Waals surface area contributed by atoms with Gasteiger partial charge in [-0.15, -0.1) is 0 Å². The van der Waals surface area contributed by atoms with Gasteiger partial charge in [0, 0.05) is 36.3 Å². The fraction of sp³-hybridized carbons (Fsp3) is 0.429. The number of alkyl halides is 4. The Morgan fingerprint density at radius 1 is 0.778 bits per heavy atom. The Hall–Kier alpha value is -1.92. The van der Waals surface area contributed by atoms with Gasteiger partial charge in [0.2, 0.25) is 0 Å². The van der Waals surface area contributed by atoms with E-state index in [0.29, 0.717) is 0 Å². The lowest BCUT2D eigenvalue weighted by atomic mass is 9.93. The second kappa shape index (κ2) is 8.40. The summed E-state index contributed by atoms with van der Waals surface area (Å²) in [5.41, 5.74) is 1.72. The van der Waals surface area contributed by atoms with Gasteiger partial charge < -0.3 is 5.32 Å². The largest absolute Gasteiger partial charge is 0.311 e. The topological polar surface area (TPSA) is 15.3 Å². The average Bonchev–Trinajstić information content (AvgIpc) is 2.65. The number of hydrogen-bond donors (Lipinski definition) is 1. The van der Waals surface area contributed by atoms with Crippen molar-refractivity contribution in [3.05, 3.63) is 70.8 Å². The van der Waals surface area contributed by atoms with Crippen LogP contribution in [-0.2, 0) is 0 Å². The van der Waals surface area contributed by atoms with Gasteiger partial charge in [0.25, 0.3) is 12.9 Å².